The largest absolute Gasteiger partial charge is 0.461 e. The van der Waals surface area contributed by atoms with Crippen LogP contribution in [0.3, 0.4) is 0 Å². The molecule has 10 heavy (non-hydrogen) atoms. The van der Waals surface area contributed by atoms with Crippen molar-refractivity contribution < 1.29 is 9.21 Å². The Labute approximate surface area is 56.8 Å². The van der Waals surface area contributed by atoms with Gasteiger partial charge in [-0.05, 0) is 12.1 Å². The first kappa shape index (κ1) is 6.67. The molecule has 0 spiro atoms. The maximum atomic E-state index is 10.7. The molecule has 1 aromatic heterocycles. The van der Waals surface area contributed by atoms with Crippen molar-refractivity contribution in [1.82, 2.24) is 0 Å². The van der Waals surface area contributed by atoms with E-state index < -0.39 is 0 Å². The summed E-state index contributed by atoms with van der Waals surface area (Å²) in [6, 6.07) is 3.07. The molecule has 4 heteroatoms. The molecule has 0 unspecified atom stereocenters. The van der Waals surface area contributed by atoms with Crippen molar-refractivity contribution in [1.29, 1.82) is 0 Å². The van der Waals surface area contributed by atoms with Crippen molar-refractivity contribution in [3.05, 3.63) is 29.1 Å². The third kappa shape index (κ3) is 1.28. The highest BCUT2D eigenvalue weighted by Gasteiger charge is 2.06. The van der Waals surface area contributed by atoms with Crippen molar-refractivity contribution in [2.75, 3.05) is 6.54 Å². The summed E-state index contributed by atoms with van der Waals surface area (Å²) >= 11 is 0. The molecule has 0 fully saturated rings. The molecule has 1 rings (SSSR count). The van der Waals surface area contributed by atoms with Crippen molar-refractivity contribution in [3.63, 3.8) is 0 Å². The van der Waals surface area contributed by atoms with E-state index in [9.17, 15) is 9.70 Å². The van der Waals surface area contributed by atoms with E-state index in [0.717, 1.165) is 0 Å². The number of ketones is 1. The van der Waals surface area contributed by atoms with Crippen LogP contribution in [0, 0.1) is 4.91 Å². The third-order valence-corrected chi connectivity index (χ3v) is 1.00. The molecule has 0 aliphatic heterocycles. The lowest BCUT2D eigenvalue weighted by atomic mass is 10.3. The zero-order valence-electron chi connectivity index (χ0n) is 5.11. The standard InChI is InChI=1S/C6H5NO3/c8-5(4-7-9)6-2-1-3-10-6/h1-3H,4H2. The lowest BCUT2D eigenvalue weighted by Crippen LogP contribution is -1.99. The van der Waals surface area contributed by atoms with Crippen LogP contribution in [0.15, 0.2) is 28.0 Å². The van der Waals surface area contributed by atoms with E-state index in [1.807, 2.05) is 0 Å². The fraction of sp³-hybridized carbons (Fsp3) is 0.167. The Kier molecular flexibility index (Phi) is 1.94. The zero-order valence-corrected chi connectivity index (χ0v) is 5.11. The molecule has 0 aliphatic carbocycles. The minimum Gasteiger partial charge on any atom is -0.461 e. The topological polar surface area (TPSA) is 59.6 Å². The van der Waals surface area contributed by atoms with Gasteiger partial charge in [-0.1, -0.05) is 5.18 Å². The summed E-state index contributed by atoms with van der Waals surface area (Å²) in [5, 5.41) is 2.43. The Bertz CT molecular complexity index is 227. The Morgan fingerprint density at radius 3 is 3.00 bits per heavy atom. The van der Waals surface area contributed by atoms with Crippen LogP contribution in [-0.4, -0.2) is 12.3 Å². The Balaban J connectivity index is 2.68. The molecule has 1 heterocycles. The van der Waals surface area contributed by atoms with Gasteiger partial charge in [0.05, 0.1) is 6.26 Å². The molecule has 52 valence electrons. The van der Waals surface area contributed by atoms with Crippen LogP contribution in [0.4, 0.5) is 0 Å². The van der Waals surface area contributed by atoms with E-state index in [4.69, 9.17) is 4.42 Å². The number of carbonyl (C=O) groups excluding carboxylic acids is 1. The molecular formula is C6H5NO3. The van der Waals surface area contributed by atoms with Crippen LogP contribution < -0.4 is 0 Å². The summed E-state index contributed by atoms with van der Waals surface area (Å²) in [6.07, 6.45) is 1.37. The molecule has 0 saturated heterocycles. The number of rotatable bonds is 3. The van der Waals surface area contributed by atoms with Gasteiger partial charge >= 0.3 is 0 Å². The SMILES string of the molecule is O=NCC(=O)c1ccco1. The molecule has 0 aromatic carbocycles. The second kappa shape index (κ2) is 2.91. The number of furan rings is 1. The lowest BCUT2D eigenvalue weighted by Gasteiger charge is -1.85. The van der Waals surface area contributed by atoms with Gasteiger partial charge in [-0.15, -0.1) is 0 Å². The van der Waals surface area contributed by atoms with E-state index in [0.29, 0.717) is 0 Å². The second-order valence-corrected chi connectivity index (χ2v) is 1.69. The highest BCUT2D eigenvalue weighted by molar-refractivity contribution is 5.95. The maximum absolute atomic E-state index is 10.7. The minimum atomic E-state index is -0.389. The second-order valence-electron chi connectivity index (χ2n) is 1.69. The number of hydrogen-bond acceptors (Lipinski definition) is 4. The zero-order chi connectivity index (χ0) is 7.40. The van der Waals surface area contributed by atoms with Crippen LogP contribution in [0.1, 0.15) is 10.6 Å². The van der Waals surface area contributed by atoms with Gasteiger partial charge in [-0.2, -0.15) is 4.91 Å². The molecule has 0 aliphatic rings. The number of hydrogen-bond donors (Lipinski definition) is 0. The van der Waals surface area contributed by atoms with Crippen molar-refractivity contribution >= 4 is 5.78 Å². The Morgan fingerprint density at radius 1 is 1.70 bits per heavy atom. The molecule has 0 N–H and O–H groups in total. The average molecular weight is 139 g/mol. The quantitative estimate of drug-likeness (QED) is 0.467. The van der Waals surface area contributed by atoms with E-state index in [-0.39, 0.29) is 18.1 Å². The predicted octanol–water partition coefficient (Wildman–Crippen LogP) is 1.23. The molecule has 1 aromatic rings. The fourth-order valence-corrected chi connectivity index (χ4v) is 0.574. The van der Waals surface area contributed by atoms with Gasteiger partial charge < -0.3 is 4.42 Å². The molecule has 0 bridgehead atoms. The van der Waals surface area contributed by atoms with Crippen LogP contribution in [0.2, 0.25) is 0 Å². The number of Topliss-reactive ketones (excluding diaryl/α,β-unsaturated/α-hetero) is 1. The van der Waals surface area contributed by atoms with Gasteiger partial charge in [-0.3, -0.25) is 4.79 Å². The highest BCUT2D eigenvalue weighted by Crippen LogP contribution is 2.00. The van der Waals surface area contributed by atoms with Crippen LogP contribution >= 0.6 is 0 Å². The van der Waals surface area contributed by atoms with Gasteiger partial charge in [0.1, 0.15) is 6.54 Å². The van der Waals surface area contributed by atoms with Crippen molar-refractivity contribution in [3.8, 4) is 0 Å². The molecule has 4 nitrogen and oxygen atoms in total. The van der Waals surface area contributed by atoms with Crippen molar-refractivity contribution in [2.45, 2.75) is 0 Å². The molecular weight excluding hydrogens is 134 g/mol. The van der Waals surface area contributed by atoms with Crippen LogP contribution in [0.5, 0.6) is 0 Å². The van der Waals surface area contributed by atoms with Crippen LogP contribution in [-0.2, 0) is 0 Å². The van der Waals surface area contributed by atoms with E-state index in [2.05, 4.69) is 5.18 Å². The first-order chi connectivity index (χ1) is 4.84. The molecule has 0 saturated carbocycles. The smallest absolute Gasteiger partial charge is 0.222 e. The summed E-state index contributed by atoms with van der Waals surface area (Å²) < 4.78 is 4.70. The van der Waals surface area contributed by atoms with Gasteiger partial charge in [0.2, 0.25) is 5.78 Å². The van der Waals surface area contributed by atoms with Gasteiger partial charge in [0.15, 0.2) is 5.76 Å². The fourth-order valence-electron chi connectivity index (χ4n) is 0.574. The molecule has 0 radical (unpaired) electrons. The highest BCUT2D eigenvalue weighted by atomic mass is 16.3. The summed E-state index contributed by atoms with van der Waals surface area (Å²) in [5.74, 6) is -0.209. The summed E-state index contributed by atoms with van der Waals surface area (Å²) in [4.78, 5) is 20.3. The Morgan fingerprint density at radius 2 is 2.50 bits per heavy atom. The minimum absolute atomic E-state index is 0.180. The monoisotopic (exact) mass is 139 g/mol. The van der Waals surface area contributed by atoms with Gasteiger partial charge in [0.25, 0.3) is 0 Å². The summed E-state index contributed by atoms with van der Waals surface area (Å²) in [6.45, 7) is -0.354. The molecule has 0 amide bonds. The normalized spacial score (nSPS) is 9.20. The lowest BCUT2D eigenvalue weighted by molar-refractivity contribution is 0.0975. The number of nitroso groups, excluding NO2 is 1. The average Bonchev–Trinajstić information content (AvgIpc) is 2.38. The van der Waals surface area contributed by atoms with Crippen LogP contribution in [0.25, 0.3) is 0 Å². The van der Waals surface area contributed by atoms with Gasteiger partial charge in [0, 0.05) is 0 Å². The maximum Gasteiger partial charge on any atom is 0.222 e. The van der Waals surface area contributed by atoms with Gasteiger partial charge in [-0.25, -0.2) is 0 Å². The van der Waals surface area contributed by atoms with E-state index >= 15 is 0 Å². The van der Waals surface area contributed by atoms with Crippen molar-refractivity contribution in [2.24, 2.45) is 5.18 Å². The summed E-state index contributed by atoms with van der Waals surface area (Å²) in [5.41, 5.74) is 0. The van der Waals surface area contributed by atoms with E-state index in [1.54, 1.807) is 6.07 Å². The van der Waals surface area contributed by atoms with E-state index in [1.165, 1.54) is 12.3 Å². The predicted molar refractivity (Wildman–Crippen MR) is 33.7 cm³/mol. The Hall–Kier alpha value is -1.45. The number of carbonyl (C=O) groups is 1. The first-order valence-corrected chi connectivity index (χ1v) is 2.70. The third-order valence-electron chi connectivity index (χ3n) is 1.00. The first-order valence-electron chi connectivity index (χ1n) is 2.70. The number of nitrogens with zero attached hydrogens (tertiary/aromatic N) is 1. The summed E-state index contributed by atoms with van der Waals surface area (Å²) in [7, 11) is 0. The molecule has 0 atom stereocenters.